The third-order valence-corrected chi connectivity index (χ3v) is 2.92. The van der Waals surface area contributed by atoms with Crippen LogP contribution in [-0.4, -0.2) is 65.5 Å². The highest BCUT2D eigenvalue weighted by Crippen LogP contribution is 2.07. The smallest absolute Gasteiger partial charge is 0.320 e. The van der Waals surface area contributed by atoms with Gasteiger partial charge in [0.25, 0.3) is 0 Å². The molecular formula is C13H25N3O4. The molecule has 20 heavy (non-hydrogen) atoms. The van der Waals surface area contributed by atoms with Gasteiger partial charge in [-0.05, 0) is 27.2 Å². The first-order chi connectivity index (χ1) is 9.33. The lowest BCUT2D eigenvalue weighted by Gasteiger charge is -2.32. The number of carboxylic acid groups (broad SMARTS) is 1. The Morgan fingerprint density at radius 1 is 1.25 bits per heavy atom. The number of carbonyl (C=O) groups is 3. The second-order valence-corrected chi connectivity index (χ2v) is 4.75. The summed E-state index contributed by atoms with van der Waals surface area (Å²) in [5.74, 6) is -1.10. The zero-order valence-electron chi connectivity index (χ0n) is 12.7. The molecule has 2 N–H and O–H groups in total. The number of rotatable bonds is 8. The van der Waals surface area contributed by atoms with E-state index in [0.717, 1.165) is 0 Å². The van der Waals surface area contributed by atoms with Crippen LogP contribution in [0.1, 0.15) is 33.6 Å². The van der Waals surface area contributed by atoms with Gasteiger partial charge in [0.15, 0.2) is 0 Å². The molecule has 0 aliphatic rings. The van der Waals surface area contributed by atoms with Gasteiger partial charge < -0.3 is 20.2 Å². The van der Waals surface area contributed by atoms with E-state index in [1.165, 1.54) is 11.9 Å². The maximum atomic E-state index is 12.4. The van der Waals surface area contributed by atoms with Gasteiger partial charge in [0.05, 0.1) is 0 Å². The summed E-state index contributed by atoms with van der Waals surface area (Å²) in [6.45, 7) is 6.34. The van der Waals surface area contributed by atoms with Crippen LogP contribution < -0.4 is 5.32 Å². The molecule has 0 aromatic carbocycles. The molecule has 0 atom stereocenters. The number of urea groups is 1. The summed E-state index contributed by atoms with van der Waals surface area (Å²) >= 11 is 0. The molecule has 116 valence electrons. The lowest BCUT2D eigenvalue weighted by molar-refractivity contribution is -0.137. The van der Waals surface area contributed by atoms with Crippen LogP contribution in [0.3, 0.4) is 0 Å². The first-order valence-corrected chi connectivity index (χ1v) is 6.81. The number of nitrogens with zero attached hydrogens (tertiary/aromatic N) is 2. The Labute approximate surface area is 119 Å². The first-order valence-electron chi connectivity index (χ1n) is 6.81. The van der Waals surface area contributed by atoms with Gasteiger partial charge in [-0.15, -0.1) is 0 Å². The highest BCUT2D eigenvalue weighted by molar-refractivity contribution is 5.84. The molecule has 0 bridgehead atoms. The van der Waals surface area contributed by atoms with E-state index in [0.29, 0.717) is 19.5 Å². The molecule has 0 aromatic heterocycles. The average Bonchev–Trinajstić information content (AvgIpc) is 2.39. The second kappa shape index (κ2) is 9.17. The van der Waals surface area contributed by atoms with Gasteiger partial charge in [-0.2, -0.15) is 0 Å². The summed E-state index contributed by atoms with van der Waals surface area (Å²) in [5, 5.41) is 11.1. The Morgan fingerprint density at radius 2 is 1.85 bits per heavy atom. The quantitative estimate of drug-likeness (QED) is 0.689. The molecule has 0 radical (unpaired) electrons. The fourth-order valence-corrected chi connectivity index (χ4v) is 1.72. The predicted molar refractivity (Wildman–Crippen MR) is 75.4 cm³/mol. The lowest BCUT2D eigenvalue weighted by Crippen LogP contribution is -2.49. The van der Waals surface area contributed by atoms with Gasteiger partial charge in [0.2, 0.25) is 5.91 Å². The normalized spacial score (nSPS) is 10.2. The van der Waals surface area contributed by atoms with E-state index in [4.69, 9.17) is 5.11 Å². The molecule has 7 heteroatoms. The van der Waals surface area contributed by atoms with E-state index >= 15 is 0 Å². The first kappa shape index (κ1) is 18.2. The lowest BCUT2D eigenvalue weighted by atomic mass is 10.2. The fraction of sp³-hybridized carbons (Fsp3) is 0.769. The molecule has 0 aliphatic heterocycles. The monoisotopic (exact) mass is 287 g/mol. The summed E-state index contributed by atoms with van der Waals surface area (Å²) in [6, 6.07) is -0.286. The van der Waals surface area contributed by atoms with Crippen LogP contribution in [0.25, 0.3) is 0 Å². The van der Waals surface area contributed by atoms with Gasteiger partial charge >= 0.3 is 12.0 Å². The van der Waals surface area contributed by atoms with Crippen molar-refractivity contribution in [3.05, 3.63) is 0 Å². The van der Waals surface area contributed by atoms with Gasteiger partial charge in [0, 0.05) is 32.6 Å². The standard InChI is InChI=1S/C13H25N3O4/c1-5-15(9-11(17)14-4)13(20)16(10(2)3)8-6-7-12(18)19/h10H,5-9H2,1-4H3,(H,14,17)(H,18,19). The van der Waals surface area contributed by atoms with Gasteiger partial charge in [-0.3, -0.25) is 9.59 Å². The zero-order valence-corrected chi connectivity index (χ0v) is 12.7. The highest BCUT2D eigenvalue weighted by atomic mass is 16.4. The van der Waals surface area contributed by atoms with E-state index < -0.39 is 5.97 Å². The third-order valence-electron chi connectivity index (χ3n) is 2.92. The minimum Gasteiger partial charge on any atom is -0.481 e. The maximum absolute atomic E-state index is 12.4. The molecule has 0 saturated heterocycles. The number of nitrogens with one attached hydrogen (secondary N) is 1. The SMILES string of the molecule is CCN(CC(=O)NC)C(=O)N(CCCC(=O)O)C(C)C. The number of aliphatic carboxylic acids is 1. The van der Waals surface area contributed by atoms with Crippen molar-refractivity contribution in [1.82, 2.24) is 15.1 Å². The molecule has 0 aliphatic carbocycles. The minimum atomic E-state index is -0.876. The van der Waals surface area contributed by atoms with E-state index in [9.17, 15) is 14.4 Å². The Balaban J connectivity index is 4.66. The molecule has 0 unspecified atom stereocenters. The molecule has 3 amide bonds. The third kappa shape index (κ3) is 6.40. The van der Waals surface area contributed by atoms with Crippen LogP contribution in [0, 0.1) is 0 Å². The average molecular weight is 287 g/mol. The van der Waals surface area contributed by atoms with Crippen molar-refractivity contribution in [3.63, 3.8) is 0 Å². The largest absolute Gasteiger partial charge is 0.481 e. The van der Waals surface area contributed by atoms with Crippen LogP contribution in [0.5, 0.6) is 0 Å². The van der Waals surface area contributed by atoms with Crippen molar-refractivity contribution >= 4 is 17.9 Å². The number of carbonyl (C=O) groups excluding carboxylic acids is 2. The molecule has 7 nitrogen and oxygen atoms in total. The van der Waals surface area contributed by atoms with Crippen molar-refractivity contribution in [2.75, 3.05) is 26.7 Å². The van der Waals surface area contributed by atoms with Crippen molar-refractivity contribution in [3.8, 4) is 0 Å². The van der Waals surface area contributed by atoms with Crippen LogP contribution >= 0.6 is 0 Å². The Hall–Kier alpha value is -1.79. The number of carboxylic acids is 1. The number of hydrogen-bond acceptors (Lipinski definition) is 3. The van der Waals surface area contributed by atoms with Crippen LogP contribution in [0.4, 0.5) is 4.79 Å². The molecule has 0 rings (SSSR count). The zero-order chi connectivity index (χ0) is 15.7. The molecule has 0 saturated carbocycles. The number of likely N-dealkylation sites (N-methyl/N-ethyl adjacent to an activating group) is 2. The maximum Gasteiger partial charge on any atom is 0.320 e. The van der Waals surface area contributed by atoms with E-state index in [-0.39, 0.29) is 30.9 Å². The summed E-state index contributed by atoms with van der Waals surface area (Å²) in [7, 11) is 1.52. The van der Waals surface area contributed by atoms with Gasteiger partial charge in [-0.25, -0.2) is 4.79 Å². The van der Waals surface area contributed by atoms with Crippen molar-refractivity contribution < 1.29 is 19.5 Å². The summed E-state index contributed by atoms with van der Waals surface area (Å²) < 4.78 is 0. The van der Waals surface area contributed by atoms with Crippen molar-refractivity contribution in [1.29, 1.82) is 0 Å². The minimum absolute atomic E-state index is 0.00792. The van der Waals surface area contributed by atoms with Crippen LogP contribution in [0.2, 0.25) is 0 Å². The molecular weight excluding hydrogens is 262 g/mol. The van der Waals surface area contributed by atoms with E-state index in [1.807, 2.05) is 13.8 Å². The number of hydrogen-bond donors (Lipinski definition) is 2. The summed E-state index contributed by atoms with van der Waals surface area (Å²) in [6.07, 6.45) is 0.425. The summed E-state index contributed by atoms with van der Waals surface area (Å²) in [4.78, 5) is 37.3. The Kier molecular flexibility index (Phi) is 8.35. The van der Waals surface area contributed by atoms with Gasteiger partial charge in [0.1, 0.15) is 6.54 Å². The van der Waals surface area contributed by atoms with Crippen molar-refractivity contribution in [2.45, 2.75) is 39.7 Å². The predicted octanol–water partition coefficient (Wildman–Crippen LogP) is 0.750. The molecule has 0 spiro atoms. The molecule has 0 heterocycles. The fourth-order valence-electron chi connectivity index (χ4n) is 1.72. The van der Waals surface area contributed by atoms with Gasteiger partial charge in [-0.1, -0.05) is 0 Å². The molecule has 0 aromatic rings. The Bertz CT molecular complexity index is 345. The number of amides is 3. The topological polar surface area (TPSA) is 90.0 Å². The Morgan fingerprint density at radius 3 is 2.25 bits per heavy atom. The summed E-state index contributed by atoms with van der Waals surface area (Å²) in [5.41, 5.74) is 0. The van der Waals surface area contributed by atoms with E-state index in [1.54, 1.807) is 11.8 Å². The van der Waals surface area contributed by atoms with Crippen LogP contribution in [-0.2, 0) is 9.59 Å². The second-order valence-electron chi connectivity index (χ2n) is 4.75. The highest BCUT2D eigenvalue weighted by Gasteiger charge is 2.23. The van der Waals surface area contributed by atoms with Crippen LogP contribution in [0.15, 0.2) is 0 Å². The van der Waals surface area contributed by atoms with Crippen molar-refractivity contribution in [2.24, 2.45) is 0 Å². The molecule has 0 fully saturated rings. The van der Waals surface area contributed by atoms with E-state index in [2.05, 4.69) is 5.32 Å².